The first-order chi connectivity index (χ1) is 10.1. The molecule has 0 atom stereocenters. The Labute approximate surface area is 126 Å². The molecule has 0 saturated heterocycles. The van der Waals surface area contributed by atoms with Gasteiger partial charge in [0.15, 0.2) is 5.13 Å². The largest absolute Gasteiger partial charge is 0.375 e. The summed E-state index contributed by atoms with van der Waals surface area (Å²) < 4.78 is 0. The summed E-state index contributed by atoms with van der Waals surface area (Å²) in [6.45, 7) is 0.644. The second kappa shape index (κ2) is 6.85. The van der Waals surface area contributed by atoms with E-state index in [0.717, 1.165) is 5.56 Å². The fourth-order valence-electron chi connectivity index (χ4n) is 1.85. The number of rotatable bonds is 6. The van der Waals surface area contributed by atoms with Gasteiger partial charge in [-0.05, 0) is 5.56 Å². The Morgan fingerprint density at radius 1 is 1.24 bits per heavy atom. The van der Waals surface area contributed by atoms with Crippen LogP contribution in [0.4, 0.5) is 5.13 Å². The van der Waals surface area contributed by atoms with Crippen LogP contribution in [0.25, 0.3) is 0 Å². The van der Waals surface area contributed by atoms with Crippen LogP contribution in [-0.2, 0) is 11.3 Å². The number of hydrogen-bond acceptors (Lipinski definition) is 5. The van der Waals surface area contributed by atoms with Gasteiger partial charge < -0.3 is 16.4 Å². The van der Waals surface area contributed by atoms with E-state index in [1.807, 2.05) is 30.3 Å². The standard InChI is InChI=1S/C14H16N4O2S/c15-12(19)6-7-18(8-10-4-2-1-3-5-10)13(20)11-9-21-14(16)17-11/h1-5,9H,6-8H2,(H2,15,19)(H2,16,17). The number of amides is 2. The van der Waals surface area contributed by atoms with Crippen molar-refractivity contribution in [1.29, 1.82) is 0 Å². The van der Waals surface area contributed by atoms with Crippen LogP contribution in [0.2, 0.25) is 0 Å². The summed E-state index contributed by atoms with van der Waals surface area (Å²) in [6.07, 6.45) is 0.109. The molecule has 2 amide bonds. The van der Waals surface area contributed by atoms with Crippen molar-refractivity contribution >= 4 is 28.3 Å². The van der Waals surface area contributed by atoms with Crippen molar-refractivity contribution in [2.45, 2.75) is 13.0 Å². The topological polar surface area (TPSA) is 102 Å². The summed E-state index contributed by atoms with van der Waals surface area (Å²) in [6, 6.07) is 9.53. The Bertz CT molecular complexity index is 627. The molecule has 0 saturated carbocycles. The van der Waals surface area contributed by atoms with Crippen molar-refractivity contribution < 1.29 is 9.59 Å². The zero-order valence-electron chi connectivity index (χ0n) is 11.4. The molecule has 110 valence electrons. The smallest absolute Gasteiger partial charge is 0.273 e. The number of hydrogen-bond donors (Lipinski definition) is 2. The second-order valence-electron chi connectivity index (χ2n) is 4.50. The number of benzene rings is 1. The highest BCUT2D eigenvalue weighted by Gasteiger charge is 2.19. The van der Waals surface area contributed by atoms with Crippen LogP contribution in [0.1, 0.15) is 22.5 Å². The van der Waals surface area contributed by atoms with Crippen LogP contribution in [0.5, 0.6) is 0 Å². The SMILES string of the molecule is NC(=O)CCN(Cc1ccccc1)C(=O)c1csc(N)n1. The highest BCUT2D eigenvalue weighted by atomic mass is 32.1. The van der Waals surface area contributed by atoms with Crippen LogP contribution < -0.4 is 11.5 Å². The van der Waals surface area contributed by atoms with E-state index in [-0.39, 0.29) is 24.6 Å². The number of nitrogens with zero attached hydrogens (tertiary/aromatic N) is 2. The summed E-state index contributed by atoms with van der Waals surface area (Å²) >= 11 is 1.21. The lowest BCUT2D eigenvalue weighted by Crippen LogP contribution is -2.33. The van der Waals surface area contributed by atoms with E-state index < -0.39 is 5.91 Å². The van der Waals surface area contributed by atoms with Gasteiger partial charge in [0.2, 0.25) is 5.91 Å². The maximum absolute atomic E-state index is 12.4. The second-order valence-corrected chi connectivity index (χ2v) is 5.39. The predicted molar refractivity (Wildman–Crippen MR) is 81.5 cm³/mol. The summed E-state index contributed by atoms with van der Waals surface area (Å²) in [4.78, 5) is 28.9. The predicted octanol–water partition coefficient (Wildman–Crippen LogP) is 1.24. The molecule has 1 aromatic carbocycles. The summed E-state index contributed by atoms with van der Waals surface area (Å²) in [5.41, 5.74) is 12.0. The molecule has 0 bridgehead atoms. The first-order valence-electron chi connectivity index (χ1n) is 6.39. The van der Waals surface area contributed by atoms with E-state index in [2.05, 4.69) is 4.98 Å². The number of primary amides is 1. The number of aromatic nitrogens is 1. The van der Waals surface area contributed by atoms with Gasteiger partial charge in [0.05, 0.1) is 0 Å². The van der Waals surface area contributed by atoms with Crippen molar-refractivity contribution in [3.63, 3.8) is 0 Å². The molecule has 0 aliphatic rings. The lowest BCUT2D eigenvalue weighted by Gasteiger charge is -2.21. The molecular formula is C14H16N4O2S. The molecule has 1 aromatic heterocycles. The Morgan fingerprint density at radius 3 is 2.52 bits per heavy atom. The lowest BCUT2D eigenvalue weighted by atomic mass is 10.2. The highest BCUT2D eigenvalue weighted by molar-refractivity contribution is 7.13. The fourth-order valence-corrected chi connectivity index (χ4v) is 2.39. The van der Waals surface area contributed by atoms with E-state index in [9.17, 15) is 9.59 Å². The molecule has 21 heavy (non-hydrogen) atoms. The average Bonchev–Trinajstić information content (AvgIpc) is 2.90. The van der Waals surface area contributed by atoms with Gasteiger partial charge >= 0.3 is 0 Å². The Balaban J connectivity index is 2.14. The molecule has 0 aliphatic heterocycles. The van der Waals surface area contributed by atoms with E-state index in [1.54, 1.807) is 10.3 Å². The maximum atomic E-state index is 12.4. The molecule has 1 heterocycles. The monoisotopic (exact) mass is 304 g/mol. The van der Waals surface area contributed by atoms with Crippen molar-refractivity contribution in [1.82, 2.24) is 9.88 Å². The Kier molecular flexibility index (Phi) is 4.89. The number of carbonyl (C=O) groups excluding carboxylic acids is 2. The fraction of sp³-hybridized carbons (Fsp3) is 0.214. The van der Waals surface area contributed by atoms with Gasteiger partial charge in [-0.2, -0.15) is 0 Å². The molecule has 0 spiro atoms. The number of carbonyl (C=O) groups is 2. The van der Waals surface area contributed by atoms with Gasteiger partial charge in [0, 0.05) is 24.9 Å². The number of thiazole rings is 1. The number of anilines is 1. The van der Waals surface area contributed by atoms with Gasteiger partial charge in [-0.25, -0.2) is 4.98 Å². The van der Waals surface area contributed by atoms with Gasteiger partial charge in [0.1, 0.15) is 5.69 Å². The highest BCUT2D eigenvalue weighted by Crippen LogP contribution is 2.15. The number of nitrogens with two attached hydrogens (primary N) is 2. The van der Waals surface area contributed by atoms with Crippen LogP contribution in [0.3, 0.4) is 0 Å². The third-order valence-corrected chi connectivity index (χ3v) is 3.55. The number of nitrogen functional groups attached to an aromatic ring is 1. The van der Waals surface area contributed by atoms with E-state index >= 15 is 0 Å². The maximum Gasteiger partial charge on any atom is 0.273 e. The van der Waals surface area contributed by atoms with Crippen LogP contribution in [-0.4, -0.2) is 28.2 Å². The molecule has 2 rings (SSSR count). The first-order valence-corrected chi connectivity index (χ1v) is 7.26. The molecule has 7 heteroatoms. The van der Waals surface area contributed by atoms with Crippen molar-refractivity contribution in [2.24, 2.45) is 5.73 Å². The van der Waals surface area contributed by atoms with Crippen LogP contribution in [0.15, 0.2) is 35.7 Å². The average molecular weight is 304 g/mol. The summed E-state index contributed by atoms with van der Waals surface area (Å²) in [5.74, 6) is -0.702. The first kappa shape index (κ1) is 15.0. The van der Waals surface area contributed by atoms with Gasteiger partial charge in [-0.15, -0.1) is 11.3 Å². The van der Waals surface area contributed by atoms with Gasteiger partial charge in [-0.1, -0.05) is 30.3 Å². The minimum Gasteiger partial charge on any atom is -0.375 e. The zero-order valence-corrected chi connectivity index (χ0v) is 12.2. The minimum absolute atomic E-state index is 0.109. The zero-order chi connectivity index (χ0) is 15.2. The van der Waals surface area contributed by atoms with E-state index in [4.69, 9.17) is 11.5 Å². The quantitative estimate of drug-likeness (QED) is 0.838. The molecule has 0 fully saturated rings. The summed E-state index contributed by atoms with van der Waals surface area (Å²) in [7, 11) is 0. The third-order valence-electron chi connectivity index (χ3n) is 2.87. The Hall–Kier alpha value is -2.41. The molecule has 0 unspecified atom stereocenters. The third kappa shape index (κ3) is 4.28. The van der Waals surface area contributed by atoms with Crippen molar-refractivity contribution in [3.05, 3.63) is 47.0 Å². The molecule has 4 N–H and O–H groups in total. The van der Waals surface area contributed by atoms with E-state index in [1.165, 1.54) is 11.3 Å². The molecule has 2 aromatic rings. The van der Waals surface area contributed by atoms with Crippen LogP contribution >= 0.6 is 11.3 Å². The normalized spacial score (nSPS) is 10.3. The van der Waals surface area contributed by atoms with Gasteiger partial charge in [-0.3, -0.25) is 9.59 Å². The minimum atomic E-state index is -0.446. The molecule has 0 radical (unpaired) electrons. The lowest BCUT2D eigenvalue weighted by molar-refractivity contribution is -0.118. The van der Waals surface area contributed by atoms with Crippen molar-refractivity contribution in [2.75, 3.05) is 12.3 Å². The van der Waals surface area contributed by atoms with Crippen LogP contribution in [0, 0.1) is 0 Å². The molecular weight excluding hydrogens is 288 g/mol. The van der Waals surface area contributed by atoms with Gasteiger partial charge in [0.25, 0.3) is 5.91 Å². The molecule has 0 aliphatic carbocycles. The van der Waals surface area contributed by atoms with E-state index in [0.29, 0.717) is 11.7 Å². The van der Waals surface area contributed by atoms with Crippen molar-refractivity contribution in [3.8, 4) is 0 Å². The summed E-state index contributed by atoms with van der Waals surface area (Å²) in [5, 5.41) is 1.95. The Morgan fingerprint density at radius 2 is 1.95 bits per heavy atom. The molecule has 6 nitrogen and oxygen atoms in total.